The molecule has 118 valence electrons. The molecular weight excluding hydrogens is 286 g/mol. The van der Waals surface area contributed by atoms with Crippen molar-refractivity contribution in [2.75, 3.05) is 32.8 Å². The van der Waals surface area contributed by atoms with Crippen LogP contribution < -0.4 is 11.1 Å². The van der Waals surface area contributed by atoms with Crippen LogP contribution in [0, 0.1) is 0 Å². The summed E-state index contributed by atoms with van der Waals surface area (Å²) in [7, 11) is 0. The van der Waals surface area contributed by atoms with E-state index in [0.29, 0.717) is 13.0 Å². The van der Waals surface area contributed by atoms with Crippen molar-refractivity contribution in [3.8, 4) is 0 Å². The van der Waals surface area contributed by atoms with E-state index in [-0.39, 0.29) is 11.9 Å². The Morgan fingerprint density at radius 2 is 2.29 bits per heavy atom. The molecule has 2 rings (SSSR count). The molecule has 2 atom stereocenters. The molecule has 21 heavy (non-hydrogen) atoms. The second-order valence-corrected chi connectivity index (χ2v) is 6.64. The molecule has 1 aliphatic rings. The minimum absolute atomic E-state index is 0.0835. The van der Waals surface area contributed by atoms with Crippen LogP contribution >= 0.6 is 11.3 Å². The average molecular weight is 311 g/mol. The van der Waals surface area contributed by atoms with Crippen molar-refractivity contribution in [1.29, 1.82) is 0 Å². The molecule has 0 spiro atoms. The first-order valence-corrected chi connectivity index (χ1v) is 8.35. The van der Waals surface area contributed by atoms with E-state index in [0.717, 1.165) is 26.3 Å². The summed E-state index contributed by atoms with van der Waals surface area (Å²) in [6.45, 7) is 7.58. The number of hydrogen-bond donors (Lipinski definition) is 2. The second-order valence-electron chi connectivity index (χ2n) is 5.66. The third-order valence-corrected chi connectivity index (χ3v) is 5.04. The number of nitrogens with one attached hydrogen (secondary N) is 1. The summed E-state index contributed by atoms with van der Waals surface area (Å²) in [6.07, 6.45) is 0.625. The minimum atomic E-state index is -0.801. The summed E-state index contributed by atoms with van der Waals surface area (Å²) in [6, 6.07) is 4.37. The van der Waals surface area contributed by atoms with Crippen molar-refractivity contribution in [3.05, 3.63) is 22.4 Å². The molecule has 0 saturated carbocycles. The summed E-state index contributed by atoms with van der Waals surface area (Å²) >= 11 is 1.72. The quantitative estimate of drug-likeness (QED) is 0.832. The third-order valence-electron chi connectivity index (χ3n) is 4.07. The number of nitrogens with two attached hydrogens (primary N) is 1. The van der Waals surface area contributed by atoms with Crippen molar-refractivity contribution >= 4 is 17.2 Å². The first-order valence-electron chi connectivity index (χ1n) is 7.47. The number of thiophene rings is 1. The molecule has 5 nitrogen and oxygen atoms in total. The van der Waals surface area contributed by atoms with Gasteiger partial charge < -0.3 is 15.8 Å². The lowest BCUT2D eigenvalue weighted by Gasteiger charge is -2.34. The van der Waals surface area contributed by atoms with Crippen LogP contribution in [0.25, 0.3) is 0 Å². The van der Waals surface area contributed by atoms with E-state index in [1.165, 1.54) is 4.88 Å². The Kier molecular flexibility index (Phi) is 5.75. The van der Waals surface area contributed by atoms with Gasteiger partial charge in [-0.2, -0.15) is 0 Å². The number of carbonyl (C=O) groups is 1. The highest BCUT2D eigenvalue weighted by atomic mass is 32.1. The van der Waals surface area contributed by atoms with Gasteiger partial charge >= 0.3 is 0 Å². The zero-order valence-corrected chi connectivity index (χ0v) is 13.6. The molecule has 3 N–H and O–H groups in total. The summed E-state index contributed by atoms with van der Waals surface area (Å²) < 4.78 is 5.42. The number of hydrogen-bond acceptors (Lipinski definition) is 5. The first kappa shape index (κ1) is 16.4. The van der Waals surface area contributed by atoms with E-state index in [9.17, 15) is 4.79 Å². The van der Waals surface area contributed by atoms with Gasteiger partial charge in [-0.05, 0) is 24.8 Å². The van der Waals surface area contributed by atoms with Crippen LogP contribution in [0.15, 0.2) is 17.5 Å². The maximum atomic E-state index is 12.2. The van der Waals surface area contributed by atoms with E-state index in [4.69, 9.17) is 10.5 Å². The molecule has 1 amide bonds. The van der Waals surface area contributed by atoms with E-state index in [1.807, 2.05) is 13.0 Å². The fourth-order valence-corrected chi connectivity index (χ4v) is 3.19. The van der Waals surface area contributed by atoms with Crippen molar-refractivity contribution < 1.29 is 9.53 Å². The highest BCUT2D eigenvalue weighted by molar-refractivity contribution is 7.10. The van der Waals surface area contributed by atoms with Crippen LogP contribution in [0.3, 0.4) is 0 Å². The predicted molar refractivity (Wildman–Crippen MR) is 85.3 cm³/mol. The van der Waals surface area contributed by atoms with Gasteiger partial charge in [0.1, 0.15) is 0 Å². The lowest BCUT2D eigenvalue weighted by atomic mass is 9.99. The number of amides is 1. The van der Waals surface area contributed by atoms with E-state index in [2.05, 4.69) is 21.7 Å². The minimum Gasteiger partial charge on any atom is -0.379 e. The van der Waals surface area contributed by atoms with Gasteiger partial charge in [0.2, 0.25) is 5.91 Å². The van der Waals surface area contributed by atoms with Crippen molar-refractivity contribution in [2.24, 2.45) is 5.73 Å². The number of carbonyl (C=O) groups excluding carboxylic acids is 1. The smallest absolute Gasteiger partial charge is 0.239 e. The summed E-state index contributed by atoms with van der Waals surface area (Å²) in [4.78, 5) is 15.8. The van der Waals surface area contributed by atoms with Crippen LogP contribution in [0.1, 0.15) is 31.2 Å². The number of ether oxygens (including phenoxy) is 1. The molecule has 1 aliphatic heterocycles. The van der Waals surface area contributed by atoms with Gasteiger partial charge in [-0.3, -0.25) is 9.69 Å². The van der Waals surface area contributed by atoms with Crippen LogP contribution in [-0.2, 0) is 9.53 Å². The molecule has 1 fully saturated rings. The van der Waals surface area contributed by atoms with Crippen LogP contribution in [-0.4, -0.2) is 49.2 Å². The Hall–Kier alpha value is -0.950. The monoisotopic (exact) mass is 311 g/mol. The molecule has 1 saturated heterocycles. The highest BCUT2D eigenvalue weighted by Gasteiger charge is 2.29. The molecular formula is C15H25N3O2S. The molecule has 0 radical (unpaired) electrons. The van der Waals surface area contributed by atoms with Crippen LogP contribution in [0.5, 0.6) is 0 Å². The van der Waals surface area contributed by atoms with Crippen molar-refractivity contribution in [1.82, 2.24) is 10.2 Å². The second kappa shape index (κ2) is 7.35. The van der Waals surface area contributed by atoms with E-state index < -0.39 is 5.54 Å². The zero-order chi connectivity index (χ0) is 15.3. The molecule has 0 aromatic carbocycles. The Morgan fingerprint density at radius 3 is 2.86 bits per heavy atom. The topological polar surface area (TPSA) is 67.6 Å². The SMILES string of the molecule is CCC(C)(N)C(=O)NCC(c1cccs1)N1CCOCC1. The Balaban J connectivity index is 2.01. The van der Waals surface area contributed by atoms with Crippen LogP contribution in [0.2, 0.25) is 0 Å². The summed E-state index contributed by atoms with van der Waals surface area (Å²) in [5.74, 6) is -0.0835. The maximum absolute atomic E-state index is 12.2. The third kappa shape index (κ3) is 4.26. The Bertz CT molecular complexity index is 442. The van der Waals surface area contributed by atoms with Gasteiger partial charge in [-0.15, -0.1) is 11.3 Å². The highest BCUT2D eigenvalue weighted by Crippen LogP contribution is 2.25. The van der Waals surface area contributed by atoms with Crippen molar-refractivity contribution in [3.63, 3.8) is 0 Å². The average Bonchev–Trinajstić information content (AvgIpc) is 3.02. The largest absolute Gasteiger partial charge is 0.379 e. The summed E-state index contributed by atoms with van der Waals surface area (Å²) in [5.41, 5.74) is 5.20. The summed E-state index contributed by atoms with van der Waals surface area (Å²) in [5, 5.41) is 5.09. The molecule has 2 heterocycles. The zero-order valence-electron chi connectivity index (χ0n) is 12.8. The van der Waals surface area contributed by atoms with E-state index in [1.54, 1.807) is 18.3 Å². The Labute approximate surface area is 130 Å². The number of rotatable bonds is 6. The molecule has 1 aromatic heterocycles. The Morgan fingerprint density at radius 1 is 1.57 bits per heavy atom. The first-order chi connectivity index (χ1) is 10.0. The lowest BCUT2D eigenvalue weighted by molar-refractivity contribution is -0.126. The predicted octanol–water partition coefficient (Wildman–Crippen LogP) is 1.36. The van der Waals surface area contributed by atoms with Crippen LogP contribution in [0.4, 0.5) is 0 Å². The van der Waals surface area contributed by atoms with Crippen molar-refractivity contribution in [2.45, 2.75) is 31.8 Å². The number of nitrogens with zero attached hydrogens (tertiary/aromatic N) is 1. The van der Waals surface area contributed by atoms with Gasteiger partial charge in [0.25, 0.3) is 0 Å². The molecule has 0 bridgehead atoms. The molecule has 1 aromatic rings. The molecule has 0 aliphatic carbocycles. The normalized spacial score (nSPS) is 20.7. The molecule has 6 heteroatoms. The lowest BCUT2D eigenvalue weighted by Crippen LogP contribution is -2.53. The van der Waals surface area contributed by atoms with Gasteiger partial charge in [0.05, 0.1) is 24.8 Å². The van der Waals surface area contributed by atoms with Gasteiger partial charge in [-0.25, -0.2) is 0 Å². The van der Waals surface area contributed by atoms with E-state index >= 15 is 0 Å². The fraction of sp³-hybridized carbons (Fsp3) is 0.667. The fourth-order valence-electron chi connectivity index (χ4n) is 2.33. The van der Waals surface area contributed by atoms with Gasteiger partial charge in [0.15, 0.2) is 0 Å². The standard InChI is InChI=1S/C15H25N3O2S/c1-3-15(2,16)14(19)17-11-12(13-5-4-10-21-13)18-6-8-20-9-7-18/h4-5,10,12H,3,6-9,11,16H2,1-2H3,(H,17,19). The van der Waals surface area contributed by atoms with Gasteiger partial charge in [-0.1, -0.05) is 13.0 Å². The maximum Gasteiger partial charge on any atom is 0.239 e. The molecule has 2 unspecified atom stereocenters. The van der Waals surface area contributed by atoms with Gasteiger partial charge in [0, 0.05) is 24.5 Å². The number of morpholine rings is 1.